The zero-order valence-electron chi connectivity index (χ0n) is 15.2. The molecule has 4 rings (SSSR count). The molecule has 0 fully saturated rings. The number of amides is 1. The van der Waals surface area contributed by atoms with Gasteiger partial charge in [0, 0.05) is 24.8 Å². The summed E-state index contributed by atoms with van der Waals surface area (Å²) in [5.74, 6) is 0.805. The average Bonchev–Trinajstić information content (AvgIpc) is 3.15. The van der Waals surface area contributed by atoms with Gasteiger partial charge < -0.3 is 9.88 Å². The first-order chi connectivity index (χ1) is 13.1. The molecule has 1 aromatic carbocycles. The van der Waals surface area contributed by atoms with Crippen LogP contribution in [0.3, 0.4) is 0 Å². The molecule has 2 aromatic heterocycles. The van der Waals surface area contributed by atoms with Crippen molar-refractivity contribution in [1.82, 2.24) is 24.5 Å². The van der Waals surface area contributed by atoms with Crippen LogP contribution in [0.5, 0.6) is 0 Å². The fourth-order valence-corrected chi connectivity index (χ4v) is 3.36. The third kappa shape index (κ3) is 3.74. The van der Waals surface area contributed by atoms with Gasteiger partial charge in [0.2, 0.25) is 5.91 Å². The predicted molar refractivity (Wildman–Crippen MR) is 98.6 cm³/mol. The largest absolute Gasteiger partial charge is 0.324 e. The van der Waals surface area contributed by atoms with E-state index in [4.69, 9.17) is 0 Å². The number of nitrogens with zero attached hydrogens (tertiary/aromatic N) is 5. The quantitative estimate of drug-likeness (QED) is 0.768. The zero-order chi connectivity index (χ0) is 18.8. The van der Waals surface area contributed by atoms with E-state index >= 15 is 0 Å². The van der Waals surface area contributed by atoms with Crippen LogP contribution in [0.15, 0.2) is 30.6 Å². The number of carbonyl (C=O) groups is 1. The average molecular weight is 368 g/mol. The molecule has 8 heteroatoms. The number of hydrogen-bond donors (Lipinski definition) is 1. The van der Waals surface area contributed by atoms with Crippen molar-refractivity contribution in [3.8, 4) is 11.4 Å². The van der Waals surface area contributed by atoms with E-state index in [1.54, 1.807) is 29.2 Å². The molecule has 7 nitrogen and oxygen atoms in total. The highest BCUT2D eigenvalue weighted by molar-refractivity contribution is 5.91. The van der Waals surface area contributed by atoms with Crippen molar-refractivity contribution < 1.29 is 9.18 Å². The number of aromatic nitrogens is 5. The maximum atomic E-state index is 14.5. The Bertz CT molecular complexity index is 976. The monoisotopic (exact) mass is 368 g/mol. The third-order valence-corrected chi connectivity index (χ3v) is 4.67. The van der Waals surface area contributed by atoms with Crippen molar-refractivity contribution >= 4 is 11.6 Å². The minimum Gasteiger partial charge on any atom is -0.324 e. The Morgan fingerprint density at radius 2 is 2.15 bits per heavy atom. The molecule has 1 amide bonds. The van der Waals surface area contributed by atoms with Gasteiger partial charge in [-0.25, -0.2) is 4.39 Å². The highest BCUT2D eigenvalue weighted by Gasteiger charge is 2.19. The lowest BCUT2D eigenvalue weighted by atomic mass is 10.1. The number of nitrogens with one attached hydrogen (secondary N) is 1. The Labute approximate surface area is 156 Å². The lowest BCUT2D eigenvalue weighted by molar-refractivity contribution is -0.116. The van der Waals surface area contributed by atoms with Gasteiger partial charge in [-0.3, -0.25) is 9.48 Å². The smallest absolute Gasteiger partial charge is 0.246 e. The number of fused-ring (bicyclic) bond motifs is 1. The van der Waals surface area contributed by atoms with Crippen LogP contribution in [-0.4, -0.2) is 30.5 Å². The van der Waals surface area contributed by atoms with Crippen LogP contribution in [-0.2, 0) is 24.3 Å². The highest BCUT2D eigenvalue weighted by Crippen LogP contribution is 2.27. The fraction of sp³-hybridized carbons (Fsp3) is 0.368. The first-order valence-electron chi connectivity index (χ1n) is 9.11. The van der Waals surface area contributed by atoms with Crippen molar-refractivity contribution in [2.24, 2.45) is 0 Å². The van der Waals surface area contributed by atoms with E-state index in [-0.39, 0.29) is 18.3 Å². The molecule has 0 bridgehead atoms. The summed E-state index contributed by atoms with van der Waals surface area (Å²) in [4.78, 5) is 12.3. The highest BCUT2D eigenvalue weighted by atomic mass is 19.1. The fourth-order valence-electron chi connectivity index (χ4n) is 3.36. The van der Waals surface area contributed by atoms with Crippen molar-refractivity contribution in [2.75, 3.05) is 5.32 Å². The Hall–Kier alpha value is -3.03. The molecule has 0 atom stereocenters. The van der Waals surface area contributed by atoms with Crippen molar-refractivity contribution in [3.63, 3.8) is 0 Å². The molecule has 0 unspecified atom stereocenters. The third-order valence-electron chi connectivity index (χ3n) is 4.67. The van der Waals surface area contributed by atoms with Crippen LogP contribution in [0.1, 0.15) is 30.7 Å². The lowest BCUT2D eigenvalue weighted by Crippen LogP contribution is -2.19. The van der Waals surface area contributed by atoms with Crippen molar-refractivity contribution in [3.05, 3.63) is 47.8 Å². The molecule has 0 spiro atoms. The normalized spacial score (nSPS) is 13.9. The number of benzene rings is 1. The summed E-state index contributed by atoms with van der Waals surface area (Å²) in [6.45, 7) is 2.79. The van der Waals surface area contributed by atoms with E-state index in [1.165, 1.54) is 6.07 Å². The van der Waals surface area contributed by atoms with E-state index in [0.29, 0.717) is 17.1 Å². The van der Waals surface area contributed by atoms with Gasteiger partial charge in [-0.05, 0) is 43.5 Å². The second kappa shape index (κ2) is 7.30. The van der Waals surface area contributed by atoms with Gasteiger partial charge >= 0.3 is 0 Å². The zero-order valence-corrected chi connectivity index (χ0v) is 15.2. The van der Waals surface area contributed by atoms with E-state index in [1.807, 2.05) is 11.5 Å². The van der Waals surface area contributed by atoms with Crippen molar-refractivity contribution in [2.45, 2.75) is 45.7 Å². The molecule has 1 N–H and O–H groups in total. The Kier molecular flexibility index (Phi) is 4.70. The standard InChI is InChI=1S/C19H21FN6O/c1-13-10-21-25(11-13)12-18(27)22-14-6-7-16(20)15(9-14)19-24-23-17-5-3-2-4-8-26(17)19/h6-7,9-11H,2-5,8,12H2,1H3,(H,22,27). The Balaban J connectivity index is 1.57. The van der Waals surface area contributed by atoms with Gasteiger partial charge in [-0.2, -0.15) is 5.10 Å². The molecule has 3 aromatic rings. The summed E-state index contributed by atoms with van der Waals surface area (Å²) in [5, 5.41) is 15.3. The Morgan fingerprint density at radius 3 is 2.96 bits per heavy atom. The lowest BCUT2D eigenvalue weighted by Gasteiger charge is -2.10. The molecule has 0 saturated heterocycles. The summed E-state index contributed by atoms with van der Waals surface area (Å²) >= 11 is 0. The molecule has 0 aliphatic carbocycles. The van der Waals surface area contributed by atoms with Gasteiger partial charge in [-0.15, -0.1) is 10.2 Å². The number of aryl methyl sites for hydroxylation is 2. The maximum absolute atomic E-state index is 14.5. The van der Waals surface area contributed by atoms with E-state index in [0.717, 1.165) is 43.6 Å². The first-order valence-corrected chi connectivity index (χ1v) is 9.11. The molecule has 0 saturated carbocycles. The first kappa shape index (κ1) is 17.4. The minimum atomic E-state index is -0.379. The van der Waals surface area contributed by atoms with Crippen LogP contribution in [0.25, 0.3) is 11.4 Å². The number of anilines is 1. The van der Waals surface area contributed by atoms with Crippen molar-refractivity contribution in [1.29, 1.82) is 0 Å². The van der Waals surface area contributed by atoms with Crippen LogP contribution >= 0.6 is 0 Å². The second-order valence-electron chi connectivity index (χ2n) is 6.86. The number of carbonyl (C=O) groups excluding carboxylic acids is 1. The summed E-state index contributed by atoms with van der Waals surface area (Å²) < 4.78 is 18.0. The maximum Gasteiger partial charge on any atom is 0.246 e. The summed E-state index contributed by atoms with van der Waals surface area (Å²) in [6, 6.07) is 4.51. The van der Waals surface area contributed by atoms with Gasteiger partial charge in [0.25, 0.3) is 0 Å². The van der Waals surface area contributed by atoms with Crippen LogP contribution in [0, 0.1) is 12.7 Å². The van der Waals surface area contributed by atoms with Crippen LogP contribution in [0.2, 0.25) is 0 Å². The molecule has 3 heterocycles. The molecular weight excluding hydrogens is 347 g/mol. The number of halogens is 1. The van der Waals surface area contributed by atoms with Gasteiger partial charge in [-0.1, -0.05) is 6.42 Å². The summed E-state index contributed by atoms with van der Waals surface area (Å²) in [5.41, 5.74) is 1.86. The molecule has 1 aliphatic rings. The second-order valence-corrected chi connectivity index (χ2v) is 6.86. The van der Waals surface area contributed by atoms with Crippen LogP contribution < -0.4 is 5.32 Å². The van der Waals surface area contributed by atoms with E-state index in [9.17, 15) is 9.18 Å². The molecule has 27 heavy (non-hydrogen) atoms. The van der Waals surface area contributed by atoms with E-state index < -0.39 is 0 Å². The van der Waals surface area contributed by atoms with Gasteiger partial charge in [0.1, 0.15) is 18.2 Å². The molecular formula is C19H21FN6O. The van der Waals surface area contributed by atoms with Crippen LogP contribution in [0.4, 0.5) is 10.1 Å². The topological polar surface area (TPSA) is 77.6 Å². The minimum absolute atomic E-state index is 0.0981. The molecule has 0 radical (unpaired) electrons. The number of hydrogen-bond acceptors (Lipinski definition) is 4. The summed E-state index contributed by atoms with van der Waals surface area (Å²) in [7, 11) is 0. The molecule has 140 valence electrons. The summed E-state index contributed by atoms with van der Waals surface area (Å²) in [6.07, 6.45) is 7.58. The van der Waals surface area contributed by atoms with Gasteiger partial charge in [0.15, 0.2) is 5.82 Å². The van der Waals surface area contributed by atoms with Gasteiger partial charge in [0.05, 0.1) is 11.8 Å². The van der Waals surface area contributed by atoms with E-state index in [2.05, 4.69) is 20.6 Å². The Morgan fingerprint density at radius 1 is 1.26 bits per heavy atom. The molecule has 1 aliphatic heterocycles. The SMILES string of the molecule is Cc1cnn(CC(=O)Nc2ccc(F)c(-c3nnc4n3CCCCC4)c2)c1. The number of rotatable bonds is 4. The predicted octanol–water partition coefficient (Wildman–Crippen LogP) is 2.95.